The van der Waals surface area contributed by atoms with Crippen LogP contribution in [-0.2, 0) is 27.1 Å². The third kappa shape index (κ3) is 4.52. The Morgan fingerprint density at radius 3 is 2.42 bits per heavy atom. The molecule has 0 atom stereocenters. The molecule has 1 saturated heterocycles. The van der Waals surface area contributed by atoms with Gasteiger partial charge in [0.2, 0.25) is 5.95 Å². The van der Waals surface area contributed by atoms with E-state index in [2.05, 4.69) is 34.2 Å². The molecule has 33 heavy (non-hydrogen) atoms. The van der Waals surface area contributed by atoms with Crippen molar-refractivity contribution < 1.29 is 0 Å². The average molecular weight is 470 g/mol. The Kier molecular flexibility index (Phi) is 6.83. The van der Waals surface area contributed by atoms with E-state index in [0.717, 1.165) is 61.2 Å². The molecule has 0 amide bonds. The van der Waals surface area contributed by atoms with Crippen molar-refractivity contribution in [2.24, 2.45) is 14.1 Å². The summed E-state index contributed by atoms with van der Waals surface area (Å²) in [6.45, 7) is 6.54. The zero-order chi connectivity index (χ0) is 23.5. The Balaban J connectivity index is 1.46. The van der Waals surface area contributed by atoms with E-state index in [1.807, 2.05) is 22.8 Å². The van der Waals surface area contributed by atoms with Gasteiger partial charge in [-0.05, 0) is 30.6 Å². The molecule has 2 aromatic heterocycles. The van der Waals surface area contributed by atoms with E-state index in [0.29, 0.717) is 17.7 Å². The van der Waals surface area contributed by atoms with Gasteiger partial charge in [0.15, 0.2) is 16.3 Å². The Morgan fingerprint density at radius 2 is 1.76 bits per heavy atom. The van der Waals surface area contributed by atoms with Crippen LogP contribution in [0.4, 0.5) is 5.95 Å². The van der Waals surface area contributed by atoms with Gasteiger partial charge in [-0.2, -0.15) is 4.98 Å². The first kappa shape index (κ1) is 23.0. The Morgan fingerprint density at radius 1 is 1.06 bits per heavy atom. The van der Waals surface area contributed by atoms with Crippen LogP contribution in [0.5, 0.6) is 0 Å². The lowest BCUT2D eigenvalue weighted by molar-refractivity contribution is 0.376. The van der Waals surface area contributed by atoms with Crippen LogP contribution in [0.15, 0.2) is 39.9 Å². The minimum Gasteiger partial charge on any atom is -0.362 e. The maximum absolute atomic E-state index is 12.9. The molecular formula is C23H31N7O2S. The first-order valence-electron chi connectivity index (χ1n) is 11.4. The highest BCUT2D eigenvalue weighted by Gasteiger charge is 2.26. The molecule has 0 spiro atoms. The number of benzene rings is 1. The second-order valence-electron chi connectivity index (χ2n) is 8.38. The summed E-state index contributed by atoms with van der Waals surface area (Å²) in [6.07, 6.45) is 1.79. The number of hydrogen-bond donors (Lipinski definition) is 1. The second-order valence-corrected chi connectivity index (χ2v) is 8.77. The highest BCUT2D eigenvalue weighted by molar-refractivity contribution is 7.80. The van der Waals surface area contributed by atoms with E-state index in [4.69, 9.17) is 17.2 Å². The fourth-order valence-electron chi connectivity index (χ4n) is 4.29. The highest BCUT2D eigenvalue weighted by Crippen LogP contribution is 2.21. The highest BCUT2D eigenvalue weighted by atomic mass is 32.1. The van der Waals surface area contributed by atoms with Crippen LogP contribution < -0.4 is 21.5 Å². The SMILES string of the molecule is CCCn1c(N2CCN(C(=S)NCCc3ccccc3)CC2)nc2c1c(=O)n(C)c(=O)n2C. The smallest absolute Gasteiger partial charge is 0.332 e. The predicted octanol–water partition coefficient (Wildman–Crippen LogP) is 1.08. The van der Waals surface area contributed by atoms with Gasteiger partial charge >= 0.3 is 5.69 Å². The van der Waals surface area contributed by atoms with E-state index in [1.54, 1.807) is 7.05 Å². The van der Waals surface area contributed by atoms with Crippen LogP contribution in [-0.4, -0.2) is 61.4 Å². The van der Waals surface area contributed by atoms with Crippen molar-refractivity contribution in [1.82, 2.24) is 28.9 Å². The summed E-state index contributed by atoms with van der Waals surface area (Å²) in [5, 5.41) is 4.14. The summed E-state index contributed by atoms with van der Waals surface area (Å²) in [5.41, 5.74) is 1.54. The number of nitrogens with zero attached hydrogens (tertiary/aromatic N) is 6. The predicted molar refractivity (Wildman–Crippen MR) is 135 cm³/mol. The first-order valence-corrected chi connectivity index (χ1v) is 11.8. The molecule has 1 fully saturated rings. The van der Waals surface area contributed by atoms with Gasteiger partial charge in [0.25, 0.3) is 5.56 Å². The lowest BCUT2D eigenvalue weighted by Gasteiger charge is -2.36. The van der Waals surface area contributed by atoms with E-state index < -0.39 is 0 Å². The van der Waals surface area contributed by atoms with E-state index in [1.165, 1.54) is 17.2 Å². The quantitative estimate of drug-likeness (QED) is 0.541. The summed E-state index contributed by atoms with van der Waals surface area (Å²) in [4.78, 5) is 34.4. The molecule has 3 aromatic rings. The van der Waals surface area contributed by atoms with E-state index >= 15 is 0 Å². The number of hydrogen-bond acceptors (Lipinski definition) is 5. The molecule has 1 N–H and O–H groups in total. The van der Waals surface area contributed by atoms with Gasteiger partial charge in [-0.25, -0.2) is 4.79 Å². The fraction of sp³-hybridized carbons (Fsp3) is 0.478. The molecule has 176 valence electrons. The molecule has 4 rings (SSSR count). The van der Waals surface area contributed by atoms with Crippen molar-refractivity contribution in [2.45, 2.75) is 26.3 Å². The molecule has 0 saturated carbocycles. The zero-order valence-corrected chi connectivity index (χ0v) is 20.3. The Labute approximate surface area is 198 Å². The maximum Gasteiger partial charge on any atom is 0.332 e. The van der Waals surface area contributed by atoms with Crippen LogP contribution in [0, 0.1) is 0 Å². The Hall–Kier alpha value is -3.14. The van der Waals surface area contributed by atoms with Crippen molar-refractivity contribution in [1.29, 1.82) is 0 Å². The molecule has 10 heteroatoms. The van der Waals surface area contributed by atoms with Gasteiger partial charge in [0.1, 0.15) is 0 Å². The van der Waals surface area contributed by atoms with E-state index in [9.17, 15) is 9.59 Å². The lowest BCUT2D eigenvalue weighted by atomic mass is 10.1. The van der Waals surface area contributed by atoms with Crippen LogP contribution in [0.3, 0.4) is 0 Å². The number of rotatable bonds is 6. The summed E-state index contributed by atoms with van der Waals surface area (Å²) >= 11 is 5.62. The largest absolute Gasteiger partial charge is 0.362 e. The third-order valence-electron chi connectivity index (χ3n) is 6.16. The van der Waals surface area contributed by atoms with Crippen molar-refractivity contribution in [3.8, 4) is 0 Å². The van der Waals surface area contributed by atoms with Gasteiger partial charge < -0.3 is 19.7 Å². The molecule has 1 aliphatic heterocycles. The molecular weight excluding hydrogens is 438 g/mol. The van der Waals surface area contributed by atoms with Crippen molar-refractivity contribution in [3.63, 3.8) is 0 Å². The van der Waals surface area contributed by atoms with Gasteiger partial charge in [-0.3, -0.25) is 13.9 Å². The monoisotopic (exact) mass is 469 g/mol. The average Bonchev–Trinajstić information content (AvgIpc) is 3.22. The summed E-state index contributed by atoms with van der Waals surface area (Å²) < 4.78 is 4.56. The number of nitrogens with one attached hydrogen (secondary N) is 1. The standard InChI is InChI=1S/C23H31N7O2S/c1-4-12-30-18-19(26(2)23(32)27(3)20(18)31)25-21(30)28-13-15-29(16-14-28)22(33)24-11-10-17-8-6-5-7-9-17/h5-9H,4,10-16H2,1-3H3,(H,24,33). The third-order valence-corrected chi connectivity index (χ3v) is 6.56. The van der Waals surface area contributed by atoms with E-state index in [-0.39, 0.29) is 11.2 Å². The normalized spacial score (nSPS) is 14.2. The molecule has 9 nitrogen and oxygen atoms in total. The molecule has 3 heterocycles. The molecule has 0 aliphatic carbocycles. The number of thiocarbonyl (C=S) groups is 1. The molecule has 0 bridgehead atoms. The number of fused-ring (bicyclic) bond motifs is 1. The molecule has 1 aliphatic rings. The van der Waals surface area contributed by atoms with Gasteiger partial charge in [-0.1, -0.05) is 37.3 Å². The zero-order valence-electron chi connectivity index (χ0n) is 19.5. The maximum atomic E-state index is 12.9. The van der Waals surface area contributed by atoms with Crippen LogP contribution in [0.1, 0.15) is 18.9 Å². The first-order chi connectivity index (χ1) is 15.9. The minimum absolute atomic E-state index is 0.303. The van der Waals surface area contributed by atoms with Crippen LogP contribution in [0.2, 0.25) is 0 Å². The van der Waals surface area contributed by atoms with Crippen molar-refractivity contribution >= 4 is 34.4 Å². The Bertz CT molecular complexity index is 1250. The number of imidazole rings is 1. The molecule has 1 aromatic carbocycles. The fourth-order valence-corrected chi connectivity index (χ4v) is 4.58. The number of anilines is 1. The second kappa shape index (κ2) is 9.78. The van der Waals surface area contributed by atoms with Gasteiger partial charge in [0, 0.05) is 53.4 Å². The minimum atomic E-state index is -0.364. The number of piperazine rings is 1. The summed E-state index contributed by atoms with van der Waals surface area (Å²) in [7, 11) is 3.17. The molecule has 0 radical (unpaired) electrons. The number of aromatic nitrogens is 4. The van der Waals surface area contributed by atoms with Crippen LogP contribution in [0.25, 0.3) is 11.2 Å². The van der Waals surface area contributed by atoms with Crippen LogP contribution >= 0.6 is 12.2 Å². The summed E-state index contributed by atoms with van der Waals surface area (Å²) in [5.74, 6) is 0.743. The molecule has 0 unspecified atom stereocenters. The topological polar surface area (TPSA) is 80.3 Å². The van der Waals surface area contributed by atoms with Crippen molar-refractivity contribution in [3.05, 3.63) is 56.7 Å². The van der Waals surface area contributed by atoms with Gasteiger partial charge in [-0.15, -0.1) is 0 Å². The summed E-state index contributed by atoms with van der Waals surface area (Å²) in [6, 6.07) is 10.4. The number of aryl methyl sites for hydroxylation is 2. The van der Waals surface area contributed by atoms with Crippen molar-refractivity contribution in [2.75, 3.05) is 37.6 Å². The van der Waals surface area contributed by atoms with Gasteiger partial charge in [0.05, 0.1) is 0 Å². The lowest BCUT2D eigenvalue weighted by Crippen LogP contribution is -2.52.